The quantitative estimate of drug-likeness (QED) is 0.313. The molecule has 5 atom stereocenters. The maximum atomic E-state index is 15.1. The second-order valence-corrected chi connectivity index (χ2v) is 10.9. The molecule has 1 aromatic heterocycles. The molecule has 0 bridgehead atoms. The Hall–Kier alpha value is -2.78. The van der Waals surface area contributed by atoms with Crippen molar-refractivity contribution in [3.8, 4) is 5.75 Å². The Balaban J connectivity index is 1.48. The molecule has 40 heavy (non-hydrogen) atoms. The maximum Gasteiger partial charge on any atom is 0.459 e. The van der Waals surface area contributed by atoms with E-state index >= 15 is 8.78 Å². The first-order chi connectivity index (χ1) is 19.0. The largest absolute Gasteiger partial charge is 0.459 e. The van der Waals surface area contributed by atoms with Crippen LogP contribution in [0.15, 0.2) is 47.4 Å². The number of para-hydroxylation sites is 1. The molecule has 0 aliphatic carbocycles. The normalized spacial score (nSPS) is 24.9. The van der Waals surface area contributed by atoms with Gasteiger partial charge in [-0.15, -0.1) is 0 Å². The molecule has 0 radical (unpaired) electrons. The summed E-state index contributed by atoms with van der Waals surface area (Å²) in [6.07, 6.45) is -5.43. The van der Waals surface area contributed by atoms with Gasteiger partial charge in [0.05, 0.1) is 25.9 Å². The molecule has 220 valence electrons. The molecule has 1 amide bonds. The van der Waals surface area contributed by atoms with Gasteiger partial charge in [-0.2, -0.15) is 13.8 Å². The molecule has 3 heterocycles. The summed E-state index contributed by atoms with van der Waals surface area (Å²) in [5.41, 5.74) is -1.14. The highest BCUT2D eigenvalue weighted by Crippen LogP contribution is 2.48. The standard InChI is InChI=1S/C24H31F2N4O9P/c1-3-7-19(31)27-18-10-11-30(23(33)28-18)22-24(25,26)20(32)17(38-22)14-37-40(34,39-16-8-5-4-6-9-16)29-15(2)21-35-12-13-36-21/h4-6,8-11,15,17,20-22,32H,3,7,12-14H2,1-2H3,(H,29,34)(H,27,28,31,33)/t15-,17+,20+,22+,40+/m0/s1. The van der Waals surface area contributed by atoms with Gasteiger partial charge in [0.1, 0.15) is 17.7 Å². The van der Waals surface area contributed by atoms with E-state index in [0.717, 1.165) is 12.3 Å². The van der Waals surface area contributed by atoms with Gasteiger partial charge < -0.3 is 29.2 Å². The molecule has 0 spiro atoms. The predicted molar refractivity (Wildman–Crippen MR) is 136 cm³/mol. The average Bonchev–Trinajstić information content (AvgIpc) is 3.52. The molecule has 2 fully saturated rings. The van der Waals surface area contributed by atoms with Crippen LogP contribution in [0.1, 0.15) is 32.9 Å². The van der Waals surface area contributed by atoms with Crippen LogP contribution in [0, 0.1) is 0 Å². The average molecular weight is 589 g/mol. The Morgan fingerprint density at radius 1 is 1.27 bits per heavy atom. The van der Waals surface area contributed by atoms with Gasteiger partial charge in [-0.25, -0.2) is 14.4 Å². The molecule has 4 rings (SSSR count). The van der Waals surface area contributed by atoms with E-state index in [1.165, 1.54) is 12.1 Å². The number of nitrogens with one attached hydrogen (secondary N) is 2. The molecular formula is C24H31F2N4O9P. The number of carbonyl (C=O) groups excluding carboxylic acids is 1. The molecule has 2 aromatic rings. The second kappa shape index (κ2) is 12.8. The van der Waals surface area contributed by atoms with Crippen molar-refractivity contribution >= 4 is 19.5 Å². The zero-order chi connectivity index (χ0) is 28.9. The zero-order valence-corrected chi connectivity index (χ0v) is 22.7. The van der Waals surface area contributed by atoms with E-state index in [9.17, 15) is 19.3 Å². The number of rotatable bonds is 12. The van der Waals surface area contributed by atoms with Crippen molar-refractivity contribution < 1.29 is 46.5 Å². The van der Waals surface area contributed by atoms with Crippen molar-refractivity contribution in [1.29, 1.82) is 0 Å². The van der Waals surface area contributed by atoms with Gasteiger partial charge >= 0.3 is 19.4 Å². The highest BCUT2D eigenvalue weighted by atomic mass is 31.2. The highest BCUT2D eigenvalue weighted by molar-refractivity contribution is 7.52. The fraction of sp³-hybridized carbons (Fsp3) is 0.542. The fourth-order valence-electron chi connectivity index (χ4n) is 4.06. The van der Waals surface area contributed by atoms with Crippen molar-refractivity contribution in [2.24, 2.45) is 0 Å². The van der Waals surface area contributed by atoms with Crippen molar-refractivity contribution in [2.45, 2.75) is 63.4 Å². The molecule has 1 aromatic carbocycles. The lowest BCUT2D eigenvalue weighted by Gasteiger charge is -2.27. The first kappa shape index (κ1) is 30.2. The summed E-state index contributed by atoms with van der Waals surface area (Å²) in [5.74, 6) is -4.30. The Kier molecular flexibility index (Phi) is 9.67. The van der Waals surface area contributed by atoms with Crippen molar-refractivity contribution in [2.75, 3.05) is 25.1 Å². The third-order valence-corrected chi connectivity index (χ3v) is 7.67. The van der Waals surface area contributed by atoms with Crippen LogP contribution in [0.5, 0.6) is 5.75 Å². The number of hydrogen-bond acceptors (Lipinski definition) is 10. The number of nitrogens with zero attached hydrogens (tertiary/aromatic N) is 2. The van der Waals surface area contributed by atoms with Gasteiger partial charge in [-0.05, 0) is 31.5 Å². The number of halogens is 2. The number of carbonyl (C=O) groups is 1. The molecule has 0 unspecified atom stereocenters. The second-order valence-electron chi connectivity index (χ2n) is 9.17. The van der Waals surface area contributed by atoms with Gasteiger partial charge in [0, 0.05) is 12.6 Å². The van der Waals surface area contributed by atoms with E-state index in [1.54, 1.807) is 32.0 Å². The minimum Gasteiger partial charge on any atom is -0.413 e. The minimum absolute atomic E-state index is 0.115. The molecular weight excluding hydrogens is 557 g/mol. The van der Waals surface area contributed by atoms with Crippen LogP contribution in [0.25, 0.3) is 0 Å². The SMILES string of the molecule is CCCC(=O)Nc1ccn([C@@H]2O[C@H](CO[P@](=O)(N[C@@H](C)C3OCCO3)Oc3ccccc3)[C@@H](O)C2(F)F)c(=O)n1. The molecule has 13 nitrogen and oxygen atoms in total. The van der Waals surface area contributed by atoms with Crippen LogP contribution >= 0.6 is 7.75 Å². The van der Waals surface area contributed by atoms with Gasteiger partial charge in [0.25, 0.3) is 0 Å². The lowest BCUT2D eigenvalue weighted by atomic mass is 10.1. The smallest absolute Gasteiger partial charge is 0.413 e. The lowest BCUT2D eigenvalue weighted by Crippen LogP contribution is -2.42. The summed E-state index contributed by atoms with van der Waals surface area (Å²) in [6.45, 7) is 3.27. The predicted octanol–water partition coefficient (Wildman–Crippen LogP) is 2.43. The lowest BCUT2D eigenvalue weighted by molar-refractivity contribution is -0.140. The van der Waals surface area contributed by atoms with Crippen molar-refractivity contribution in [1.82, 2.24) is 14.6 Å². The Morgan fingerprint density at radius 2 is 1.98 bits per heavy atom. The Morgan fingerprint density at radius 3 is 2.62 bits per heavy atom. The van der Waals surface area contributed by atoms with Crippen molar-refractivity contribution in [3.63, 3.8) is 0 Å². The summed E-state index contributed by atoms with van der Waals surface area (Å²) in [6, 6.07) is 8.48. The van der Waals surface area contributed by atoms with Crippen molar-refractivity contribution in [3.05, 3.63) is 53.1 Å². The van der Waals surface area contributed by atoms with E-state index in [4.69, 9.17) is 23.3 Å². The molecule has 3 N–H and O–H groups in total. The number of alkyl halides is 2. The van der Waals surface area contributed by atoms with E-state index < -0.39 is 62.6 Å². The van der Waals surface area contributed by atoms with E-state index in [2.05, 4.69) is 15.4 Å². The molecule has 16 heteroatoms. The monoisotopic (exact) mass is 588 g/mol. The van der Waals surface area contributed by atoms with Crippen LogP contribution in [0.3, 0.4) is 0 Å². The number of aromatic nitrogens is 2. The van der Waals surface area contributed by atoms with Gasteiger partial charge in [0.2, 0.25) is 12.1 Å². The summed E-state index contributed by atoms with van der Waals surface area (Å²) in [4.78, 5) is 27.9. The topological polar surface area (TPSA) is 159 Å². The van der Waals surface area contributed by atoms with E-state index in [0.29, 0.717) is 24.2 Å². The number of hydrogen-bond donors (Lipinski definition) is 3. The fourth-order valence-corrected chi connectivity index (χ4v) is 5.60. The highest BCUT2D eigenvalue weighted by Gasteiger charge is 2.60. The number of benzene rings is 1. The van der Waals surface area contributed by atoms with E-state index in [1.807, 2.05) is 0 Å². The van der Waals surface area contributed by atoms with Crippen LogP contribution in [0.4, 0.5) is 14.6 Å². The molecule has 2 aliphatic heterocycles. The number of aliphatic hydroxyl groups is 1. The van der Waals surface area contributed by atoms with Crippen LogP contribution in [0.2, 0.25) is 0 Å². The Labute approximate surface area is 228 Å². The summed E-state index contributed by atoms with van der Waals surface area (Å²) in [7, 11) is -4.27. The summed E-state index contributed by atoms with van der Waals surface area (Å²) in [5, 5.41) is 15.4. The summed E-state index contributed by atoms with van der Waals surface area (Å²) >= 11 is 0. The third-order valence-electron chi connectivity index (χ3n) is 6.00. The van der Waals surface area contributed by atoms with E-state index in [-0.39, 0.29) is 18.0 Å². The number of anilines is 1. The van der Waals surface area contributed by atoms with Gasteiger partial charge in [0.15, 0.2) is 12.4 Å². The maximum absolute atomic E-state index is 15.1. The minimum atomic E-state index is -4.27. The zero-order valence-electron chi connectivity index (χ0n) is 21.8. The molecule has 2 saturated heterocycles. The number of aliphatic hydroxyl groups excluding tert-OH is 1. The van der Waals surface area contributed by atoms with Crippen LogP contribution in [-0.2, 0) is 28.1 Å². The molecule has 2 aliphatic rings. The van der Waals surface area contributed by atoms with Gasteiger partial charge in [-0.1, -0.05) is 25.1 Å². The first-order valence-corrected chi connectivity index (χ1v) is 14.2. The van der Waals surface area contributed by atoms with Crippen LogP contribution in [-0.4, -0.2) is 70.8 Å². The molecule has 0 saturated carbocycles. The van der Waals surface area contributed by atoms with Crippen LogP contribution < -0.4 is 20.6 Å². The summed E-state index contributed by atoms with van der Waals surface area (Å²) < 4.78 is 71.5. The Bertz CT molecular complexity index is 1260. The van der Waals surface area contributed by atoms with Gasteiger partial charge in [-0.3, -0.25) is 13.9 Å². The first-order valence-electron chi connectivity index (χ1n) is 12.6. The third kappa shape index (κ3) is 7.10. The number of ether oxygens (including phenoxy) is 3. The number of amides is 1.